The number of benzene rings is 1. The first-order valence-electron chi connectivity index (χ1n) is 5.16. The van der Waals surface area contributed by atoms with E-state index in [0.717, 1.165) is 0 Å². The number of aliphatic imine (C=N–C) groups is 1. The highest BCUT2D eigenvalue weighted by atomic mass is 32.2. The van der Waals surface area contributed by atoms with E-state index in [2.05, 4.69) is 15.8 Å². The molecular weight excluding hydrogens is 254 g/mol. The van der Waals surface area contributed by atoms with Crippen LogP contribution in [-0.4, -0.2) is 27.5 Å². The molecule has 93 valence electrons. The fourth-order valence-corrected chi connectivity index (χ4v) is 2.07. The molecule has 1 aliphatic rings. The molecule has 0 aliphatic carbocycles. The molecule has 6 nitrogen and oxygen atoms in total. The number of carbonyl (C=O) groups is 2. The highest BCUT2D eigenvalue weighted by molar-refractivity contribution is 8.14. The van der Waals surface area contributed by atoms with E-state index < -0.39 is 11.9 Å². The van der Waals surface area contributed by atoms with Crippen LogP contribution >= 0.6 is 11.8 Å². The Labute approximate surface area is 107 Å². The van der Waals surface area contributed by atoms with Crippen LogP contribution in [0.25, 0.3) is 0 Å². The predicted octanol–water partition coefficient (Wildman–Crippen LogP) is 1.08. The van der Waals surface area contributed by atoms with Crippen molar-refractivity contribution >= 4 is 28.8 Å². The standard InChI is InChI=1S/C11H10N3O3S/c1-6-13-14-11(18-6)12-9(15)7-4-2-3-5-8(7)10(16)17/h2-6,13H,1H3,(H,16,17). The first-order chi connectivity index (χ1) is 8.58. The Morgan fingerprint density at radius 3 is 2.61 bits per heavy atom. The van der Waals surface area contributed by atoms with Gasteiger partial charge in [-0.25, -0.2) is 4.79 Å². The Balaban J connectivity index is 2.27. The zero-order chi connectivity index (χ0) is 13.1. The molecule has 1 radical (unpaired) electrons. The average Bonchev–Trinajstić information content (AvgIpc) is 2.74. The number of carbonyl (C=O) groups excluding carboxylic acids is 1. The number of nitrogens with zero attached hydrogens (tertiary/aromatic N) is 2. The lowest BCUT2D eigenvalue weighted by atomic mass is 10.1. The number of rotatable bonds is 2. The molecular formula is C11H10N3O3S. The molecule has 0 spiro atoms. The van der Waals surface area contributed by atoms with E-state index >= 15 is 0 Å². The maximum absolute atomic E-state index is 11.9. The molecule has 0 aromatic heterocycles. The van der Waals surface area contributed by atoms with E-state index in [9.17, 15) is 9.59 Å². The van der Waals surface area contributed by atoms with E-state index in [-0.39, 0.29) is 16.5 Å². The minimum absolute atomic E-state index is 0.0594. The van der Waals surface area contributed by atoms with Gasteiger partial charge in [0.2, 0.25) is 5.17 Å². The van der Waals surface area contributed by atoms with E-state index in [1.165, 1.54) is 23.9 Å². The number of carboxylic acids is 1. The lowest BCUT2D eigenvalue weighted by Crippen LogP contribution is -2.23. The van der Waals surface area contributed by atoms with Crippen LogP contribution in [-0.2, 0) is 0 Å². The minimum Gasteiger partial charge on any atom is -0.478 e. The zero-order valence-electron chi connectivity index (χ0n) is 9.45. The highest BCUT2D eigenvalue weighted by Gasteiger charge is 2.21. The van der Waals surface area contributed by atoms with Gasteiger partial charge in [-0.1, -0.05) is 23.9 Å². The number of amidine groups is 1. The number of hydrogen-bond donors (Lipinski definition) is 2. The topological polar surface area (TPSA) is 92.9 Å². The van der Waals surface area contributed by atoms with Crippen molar-refractivity contribution < 1.29 is 14.7 Å². The highest BCUT2D eigenvalue weighted by Crippen LogP contribution is 2.16. The summed E-state index contributed by atoms with van der Waals surface area (Å²) in [5.41, 5.74) is 6.61. The van der Waals surface area contributed by atoms with Gasteiger partial charge >= 0.3 is 5.97 Å². The Morgan fingerprint density at radius 1 is 1.39 bits per heavy atom. The molecule has 1 amide bonds. The lowest BCUT2D eigenvalue weighted by molar-refractivity contribution is 0.0692. The monoisotopic (exact) mass is 264 g/mol. The lowest BCUT2D eigenvalue weighted by Gasteiger charge is -2.01. The van der Waals surface area contributed by atoms with Crippen molar-refractivity contribution in [1.29, 1.82) is 0 Å². The van der Waals surface area contributed by atoms with Crippen LogP contribution in [0.5, 0.6) is 0 Å². The van der Waals surface area contributed by atoms with Crippen molar-refractivity contribution in [3.05, 3.63) is 35.4 Å². The molecule has 1 unspecified atom stereocenters. The molecule has 7 heteroatoms. The summed E-state index contributed by atoms with van der Waals surface area (Å²) < 4.78 is 0. The summed E-state index contributed by atoms with van der Waals surface area (Å²) in [6.07, 6.45) is 0. The van der Waals surface area contributed by atoms with Gasteiger partial charge in [0.15, 0.2) is 0 Å². The van der Waals surface area contributed by atoms with E-state index in [1.807, 2.05) is 6.92 Å². The van der Waals surface area contributed by atoms with Gasteiger partial charge in [-0.3, -0.25) is 4.79 Å². The summed E-state index contributed by atoms with van der Waals surface area (Å²) in [6, 6.07) is 5.97. The first-order valence-corrected chi connectivity index (χ1v) is 6.04. The third-order valence-corrected chi connectivity index (χ3v) is 3.06. The summed E-state index contributed by atoms with van der Waals surface area (Å²) in [4.78, 5) is 26.6. The molecule has 1 atom stereocenters. The number of nitrogens with one attached hydrogen (secondary N) is 1. The predicted molar refractivity (Wildman–Crippen MR) is 67.5 cm³/mol. The summed E-state index contributed by atoms with van der Waals surface area (Å²) >= 11 is 1.31. The number of aromatic carboxylic acids is 1. The van der Waals surface area contributed by atoms with Gasteiger partial charge in [0.1, 0.15) is 0 Å². The zero-order valence-corrected chi connectivity index (χ0v) is 10.3. The Morgan fingerprint density at radius 2 is 2.06 bits per heavy atom. The van der Waals surface area contributed by atoms with Crippen LogP contribution in [0.15, 0.2) is 29.3 Å². The van der Waals surface area contributed by atoms with E-state index in [0.29, 0.717) is 5.17 Å². The third kappa shape index (κ3) is 2.69. The van der Waals surface area contributed by atoms with Crippen molar-refractivity contribution in [2.24, 2.45) is 4.99 Å². The Bertz CT molecular complexity index is 530. The third-order valence-electron chi connectivity index (χ3n) is 2.21. The van der Waals surface area contributed by atoms with Crippen LogP contribution in [0.4, 0.5) is 0 Å². The number of thioether (sulfide) groups is 1. The fourth-order valence-electron chi connectivity index (χ4n) is 1.41. The molecule has 2 N–H and O–H groups in total. The van der Waals surface area contributed by atoms with Crippen LogP contribution in [0.3, 0.4) is 0 Å². The van der Waals surface area contributed by atoms with Crippen LogP contribution in [0.1, 0.15) is 27.6 Å². The second-order valence-electron chi connectivity index (χ2n) is 3.55. The Hall–Kier alpha value is -1.86. The summed E-state index contributed by atoms with van der Waals surface area (Å²) in [7, 11) is 0. The maximum atomic E-state index is 11.9. The second kappa shape index (κ2) is 5.19. The molecule has 2 rings (SSSR count). The number of carboxylic acid groups (broad SMARTS) is 1. The van der Waals surface area contributed by atoms with Gasteiger partial charge in [0.25, 0.3) is 5.91 Å². The van der Waals surface area contributed by atoms with Crippen molar-refractivity contribution in [2.75, 3.05) is 0 Å². The van der Waals surface area contributed by atoms with Crippen LogP contribution < -0.4 is 10.9 Å². The van der Waals surface area contributed by atoms with Gasteiger partial charge in [-0.2, -0.15) is 15.8 Å². The van der Waals surface area contributed by atoms with Gasteiger partial charge < -0.3 is 5.11 Å². The van der Waals surface area contributed by atoms with Crippen LogP contribution in [0.2, 0.25) is 0 Å². The van der Waals surface area contributed by atoms with E-state index in [4.69, 9.17) is 5.11 Å². The first kappa shape index (κ1) is 12.6. The SMILES string of the molecule is CC1N[N]C(=NC(=O)c2ccccc2C(=O)O)S1. The normalized spacial score (nSPS) is 20.7. The molecule has 18 heavy (non-hydrogen) atoms. The number of amides is 1. The van der Waals surface area contributed by atoms with Crippen molar-refractivity contribution in [1.82, 2.24) is 10.9 Å². The largest absolute Gasteiger partial charge is 0.478 e. The summed E-state index contributed by atoms with van der Waals surface area (Å²) in [6.45, 7) is 1.88. The van der Waals surface area contributed by atoms with Crippen molar-refractivity contribution in [2.45, 2.75) is 12.3 Å². The molecule has 1 heterocycles. The smallest absolute Gasteiger partial charge is 0.336 e. The molecule has 0 bridgehead atoms. The molecule has 1 aromatic rings. The fraction of sp³-hybridized carbons (Fsp3) is 0.182. The summed E-state index contributed by atoms with van der Waals surface area (Å²) in [5.74, 6) is -1.75. The molecule has 1 saturated heterocycles. The second-order valence-corrected chi connectivity index (χ2v) is 4.86. The summed E-state index contributed by atoms with van der Waals surface area (Å²) in [5, 5.41) is 9.35. The average molecular weight is 264 g/mol. The van der Waals surface area contributed by atoms with Crippen LogP contribution in [0, 0.1) is 0 Å². The molecule has 1 aromatic carbocycles. The quantitative estimate of drug-likeness (QED) is 0.833. The molecule has 0 saturated carbocycles. The van der Waals surface area contributed by atoms with Crippen molar-refractivity contribution in [3.8, 4) is 0 Å². The van der Waals surface area contributed by atoms with Gasteiger partial charge in [0.05, 0.1) is 16.5 Å². The molecule has 1 aliphatic heterocycles. The van der Waals surface area contributed by atoms with Crippen molar-refractivity contribution in [3.63, 3.8) is 0 Å². The van der Waals surface area contributed by atoms with E-state index in [1.54, 1.807) is 12.1 Å². The minimum atomic E-state index is -1.15. The van der Waals surface area contributed by atoms with Gasteiger partial charge in [-0.05, 0) is 19.1 Å². The van der Waals surface area contributed by atoms with Gasteiger partial charge in [0, 0.05) is 0 Å². The van der Waals surface area contributed by atoms with Gasteiger partial charge in [-0.15, -0.1) is 0 Å². The molecule has 1 fully saturated rings. The number of hydrogen-bond acceptors (Lipinski definition) is 4. The Kier molecular flexibility index (Phi) is 3.63. The maximum Gasteiger partial charge on any atom is 0.336 e.